The number of pyridine rings is 1. The predicted octanol–water partition coefficient (Wildman–Crippen LogP) is 4.55. The summed E-state index contributed by atoms with van der Waals surface area (Å²) in [5.74, 6) is 0.541. The molecule has 0 atom stereocenters. The summed E-state index contributed by atoms with van der Waals surface area (Å²) in [5, 5.41) is 1.84. The zero-order valence-electron chi connectivity index (χ0n) is 15.3. The maximum Gasteiger partial charge on any atom is 0.253 e. The minimum absolute atomic E-state index is 0.0704. The molecule has 27 heavy (non-hydrogen) atoms. The summed E-state index contributed by atoms with van der Waals surface area (Å²) in [6.07, 6.45) is 9.11. The van der Waals surface area contributed by atoms with E-state index >= 15 is 0 Å². The Balaban J connectivity index is 1.66. The molecule has 0 aliphatic heterocycles. The van der Waals surface area contributed by atoms with Crippen molar-refractivity contribution < 1.29 is 0 Å². The van der Waals surface area contributed by atoms with Crippen LogP contribution in [0.2, 0.25) is 0 Å². The molecule has 2 fully saturated rings. The van der Waals surface area contributed by atoms with Crippen molar-refractivity contribution in [3.05, 3.63) is 34.4 Å². The lowest BCUT2D eigenvalue weighted by Crippen LogP contribution is -2.16. The van der Waals surface area contributed by atoms with Gasteiger partial charge >= 0.3 is 0 Å². The number of fused-ring (bicyclic) bond motifs is 1. The van der Waals surface area contributed by atoms with Crippen LogP contribution in [0.3, 0.4) is 0 Å². The van der Waals surface area contributed by atoms with Gasteiger partial charge in [0, 0.05) is 23.8 Å². The largest absolute Gasteiger partial charge is 0.397 e. The van der Waals surface area contributed by atoms with Crippen LogP contribution in [0, 0.1) is 0 Å². The lowest BCUT2D eigenvalue weighted by atomic mass is 9.79. The van der Waals surface area contributed by atoms with Crippen LogP contribution in [0.5, 0.6) is 0 Å². The van der Waals surface area contributed by atoms with Crippen molar-refractivity contribution in [1.82, 2.24) is 14.5 Å². The number of hydrogen-bond donors (Lipinski definition) is 1. The van der Waals surface area contributed by atoms with E-state index in [-0.39, 0.29) is 5.56 Å². The highest BCUT2D eigenvalue weighted by atomic mass is 32.2. The Morgan fingerprint density at radius 3 is 2.59 bits per heavy atom. The van der Waals surface area contributed by atoms with Crippen molar-refractivity contribution in [3.63, 3.8) is 0 Å². The number of anilines is 1. The van der Waals surface area contributed by atoms with Crippen molar-refractivity contribution in [1.29, 1.82) is 0 Å². The molecule has 140 valence electrons. The quantitative estimate of drug-likeness (QED) is 0.698. The molecule has 0 bridgehead atoms. The zero-order chi connectivity index (χ0) is 18.5. The molecule has 5 rings (SSSR count). The van der Waals surface area contributed by atoms with E-state index in [4.69, 9.17) is 10.7 Å². The summed E-state index contributed by atoms with van der Waals surface area (Å²) in [5.41, 5.74) is 10.1. The van der Waals surface area contributed by atoms with E-state index in [1.807, 2.05) is 11.8 Å². The molecule has 2 aliphatic rings. The Bertz CT molecular complexity index is 1080. The highest BCUT2D eigenvalue weighted by molar-refractivity contribution is 8.02. The molecular weight excluding hydrogens is 376 g/mol. The fourth-order valence-corrected chi connectivity index (χ4v) is 6.43. The van der Waals surface area contributed by atoms with E-state index in [1.165, 1.54) is 52.9 Å². The van der Waals surface area contributed by atoms with Gasteiger partial charge in [0.15, 0.2) is 0 Å². The number of hydrogen-bond acceptors (Lipinski definition) is 6. The number of aryl methyl sites for hydroxylation is 1. The fraction of sp³-hybridized carbons (Fsp3) is 0.450. The van der Waals surface area contributed by atoms with Crippen LogP contribution in [-0.2, 0) is 7.05 Å². The van der Waals surface area contributed by atoms with Gasteiger partial charge in [-0.2, -0.15) is 0 Å². The van der Waals surface area contributed by atoms with Crippen LogP contribution in [0.15, 0.2) is 27.5 Å². The molecule has 2 saturated carbocycles. The fourth-order valence-electron chi connectivity index (χ4n) is 3.63. The van der Waals surface area contributed by atoms with Gasteiger partial charge in [-0.25, -0.2) is 9.97 Å². The number of nitrogens with zero attached hydrogens (tertiary/aromatic N) is 3. The molecule has 7 heteroatoms. The van der Waals surface area contributed by atoms with Gasteiger partial charge in [0.25, 0.3) is 5.56 Å². The van der Waals surface area contributed by atoms with Crippen LogP contribution >= 0.6 is 23.1 Å². The van der Waals surface area contributed by atoms with Gasteiger partial charge < -0.3 is 10.3 Å². The Labute approximate surface area is 166 Å². The molecule has 5 nitrogen and oxygen atoms in total. The van der Waals surface area contributed by atoms with Gasteiger partial charge in [0.2, 0.25) is 0 Å². The summed E-state index contributed by atoms with van der Waals surface area (Å²) < 4.78 is 2.68. The van der Waals surface area contributed by atoms with Crippen LogP contribution < -0.4 is 11.3 Å². The Hall–Kier alpha value is -1.86. The van der Waals surface area contributed by atoms with Gasteiger partial charge in [0.1, 0.15) is 4.83 Å². The Morgan fingerprint density at radius 2 is 1.96 bits per heavy atom. The first-order chi connectivity index (χ1) is 13.1. The third-order valence-corrected chi connectivity index (χ3v) is 8.48. The standard InChI is InChI=1S/C20H22N4OS2/c1-24-10-22-14(9-16(24)25)15-8-13(11-4-2-5-11)17-18(21)20(27-19(17)23-15)26-12-6-3-7-12/h8-12H,2-7,21H2,1H3. The maximum absolute atomic E-state index is 12.1. The first-order valence-electron chi connectivity index (χ1n) is 9.53. The molecule has 3 heterocycles. The van der Waals surface area contributed by atoms with E-state index in [2.05, 4.69) is 11.1 Å². The van der Waals surface area contributed by atoms with Crippen molar-refractivity contribution in [2.45, 2.75) is 53.9 Å². The van der Waals surface area contributed by atoms with Crippen molar-refractivity contribution in [2.24, 2.45) is 7.05 Å². The number of thioether (sulfide) groups is 1. The first-order valence-corrected chi connectivity index (χ1v) is 11.2. The third-order valence-electron chi connectivity index (χ3n) is 5.81. The summed E-state index contributed by atoms with van der Waals surface area (Å²) in [4.78, 5) is 22.3. The Morgan fingerprint density at radius 1 is 1.19 bits per heavy atom. The number of thiophene rings is 1. The average molecular weight is 399 g/mol. The zero-order valence-corrected chi connectivity index (χ0v) is 16.9. The highest BCUT2D eigenvalue weighted by Crippen LogP contribution is 2.50. The van der Waals surface area contributed by atoms with Crippen LogP contribution in [-0.4, -0.2) is 19.8 Å². The molecular formula is C20H22N4OS2. The van der Waals surface area contributed by atoms with Crippen molar-refractivity contribution in [2.75, 3.05) is 5.73 Å². The van der Waals surface area contributed by atoms with Gasteiger partial charge in [-0.3, -0.25) is 4.79 Å². The van der Waals surface area contributed by atoms with Crippen molar-refractivity contribution >= 4 is 39.0 Å². The normalized spacial score (nSPS) is 17.8. The second-order valence-electron chi connectivity index (χ2n) is 7.60. The topological polar surface area (TPSA) is 73.8 Å². The van der Waals surface area contributed by atoms with E-state index in [1.54, 1.807) is 30.8 Å². The van der Waals surface area contributed by atoms with Gasteiger partial charge in [-0.1, -0.05) is 12.8 Å². The van der Waals surface area contributed by atoms with Crippen LogP contribution in [0.1, 0.15) is 50.0 Å². The van der Waals surface area contributed by atoms with E-state index in [0.29, 0.717) is 16.9 Å². The Kier molecular flexibility index (Phi) is 4.24. The second-order valence-corrected chi connectivity index (χ2v) is 10.2. The lowest BCUT2D eigenvalue weighted by molar-refractivity contribution is 0.422. The van der Waals surface area contributed by atoms with Crippen molar-refractivity contribution in [3.8, 4) is 11.4 Å². The van der Waals surface area contributed by atoms with Crippen LogP contribution in [0.4, 0.5) is 5.69 Å². The highest BCUT2D eigenvalue weighted by Gasteiger charge is 2.28. The third kappa shape index (κ3) is 2.97. The molecule has 0 radical (unpaired) electrons. The van der Waals surface area contributed by atoms with E-state index in [0.717, 1.165) is 21.6 Å². The predicted molar refractivity (Wildman–Crippen MR) is 113 cm³/mol. The molecule has 0 amide bonds. The average Bonchev–Trinajstić information content (AvgIpc) is 2.88. The summed E-state index contributed by atoms with van der Waals surface area (Å²) in [7, 11) is 1.71. The summed E-state index contributed by atoms with van der Waals surface area (Å²) in [6.45, 7) is 0. The maximum atomic E-state index is 12.1. The van der Waals surface area contributed by atoms with Gasteiger partial charge in [-0.15, -0.1) is 23.1 Å². The SMILES string of the molecule is Cn1cnc(-c2cc(C3CCC3)c3c(N)c(SC4CCC4)sc3n2)cc1=O. The van der Waals surface area contributed by atoms with Gasteiger partial charge in [-0.05, 0) is 43.2 Å². The molecule has 0 unspecified atom stereocenters. The molecule has 0 aromatic carbocycles. The lowest BCUT2D eigenvalue weighted by Gasteiger charge is -2.27. The molecule has 2 N–H and O–H groups in total. The number of rotatable bonds is 4. The first kappa shape index (κ1) is 17.3. The summed E-state index contributed by atoms with van der Waals surface area (Å²) >= 11 is 3.62. The molecule has 0 spiro atoms. The van der Waals surface area contributed by atoms with E-state index in [9.17, 15) is 4.79 Å². The number of aromatic nitrogens is 3. The minimum Gasteiger partial charge on any atom is -0.397 e. The van der Waals surface area contributed by atoms with E-state index < -0.39 is 0 Å². The molecule has 2 aliphatic carbocycles. The number of nitrogens with two attached hydrogens (primary N) is 1. The second kappa shape index (κ2) is 6.63. The molecule has 3 aromatic heterocycles. The van der Waals surface area contributed by atoms with Gasteiger partial charge in [0.05, 0.1) is 27.6 Å². The minimum atomic E-state index is -0.0704. The monoisotopic (exact) mass is 398 g/mol. The number of nitrogen functional groups attached to an aromatic ring is 1. The smallest absolute Gasteiger partial charge is 0.253 e. The summed E-state index contributed by atoms with van der Waals surface area (Å²) in [6, 6.07) is 3.69. The molecule has 3 aromatic rings. The van der Waals surface area contributed by atoms with Crippen LogP contribution in [0.25, 0.3) is 21.6 Å². The molecule has 0 saturated heterocycles.